The second-order valence-electron chi connectivity index (χ2n) is 9.80. The minimum absolute atomic E-state index is 0.196. The van der Waals surface area contributed by atoms with E-state index < -0.39 is 0 Å². The highest BCUT2D eigenvalue weighted by Gasteiger charge is 2.24. The lowest BCUT2D eigenvalue weighted by Crippen LogP contribution is -2.26. The van der Waals surface area contributed by atoms with Gasteiger partial charge in [0.25, 0.3) is 11.5 Å². The second kappa shape index (κ2) is 9.29. The van der Waals surface area contributed by atoms with Gasteiger partial charge in [-0.05, 0) is 50.1 Å². The predicted molar refractivity (Wildman–Crippen MR) is 149 cm³/mol. The molecular weight excluding hydrogens is 504 g/mol. The van der Waals surface area contributed by atoms with Gasteiger partial charge < -0.3 is 10.2 Å². The fraction of sp³-hybridized carbons (Fsp3) is 0.296. The first kappa shape index (κ1) is 25.5. The van der Waals surface area contributed by atoms with Crippen molar-refractivity contribution < 1.29 is 4.79 Å². The van der Waals surface area contributed by atoms with Gasteiger partial charge >= 0.3 is 0 Å². The van der Waals surface area contributed by atoms with Crippen LogP contribution in [0.2, 0.25) is 5.15 Å². The molecule has 0 saturated carbocycles. The Bertz CT molecular complexity index is 1800. The number of carbonyl (C=O) groups is 1. The number of pyridine rings is 1. The number of benzene rings is 1. The van der Waals surface area contributed by atoms with Crippen molar-refractivity contribution in [3.63, 3.8) is 0 Å². The zero-order valence-corrected chi connectivity index (χ0v) is 23.1. The second-order valence-corrected chi connectivity index (χ2v) is 10.2. The number of hydrogen-bond donors (Lipinski definition) is 1. The summed E-state index contributed by atoms with van der Waals surface area (Å²) in [5.74, 6) is -0.273. The molecule has 4 aromatic heterocycles. The average molecular weight is 533 g/mol. The van der Waals surface area contributed by atoms with Crippen molar-refractivity contribution in [1.29, 1.82) is 0 Å². The van der Waals surface area contributed by atoms with Crippen molar-refractivity contribution >= 4 is 39.7 Å². The molecule has 5 rings (SSSR count). The number of fused-ring (bicyclic) bond motifs is 3. The van der Waals surface area contributed by atoms with Crippen LogP contribution in [0.5, 0.6) is 0 Å². The third kappa shape index (κ3) is 4.10. The lowest BCUT2D eigenvalue weighted by molar-refractivity contribution is 0.0824. The number of aromatic nitrogens is 6. The van der Waals surface area contributed by atoms with Crippen molar-refractivity contribution in [3.8, 4) is 11.3 Å². The molecule has 38 heavy (non-hydrogen) atoms. The topological polar surface area (TPSA) is 102 Å². The smallest absolute Gasteiger partial charge is 0.275 e. The van der Waals surface area contributed by atoms with Crippen molar-refractivity contribution in [3.05, 3.63) is 74.8 Å². The van der Waals surface area contributed by atoms with E-state index in [-0.39, 0.29) is 23.2 Å². The molecule has 0 fully saturated rings. The van der Waals surface area contributed by atoms with Crippen LogP contribution in [0.4, 0.5) is 5.69 Å². The maximum atomic E-state index is 13.5. The molecule has 1 atom stereocenters. The largest absolute Gasteiger partial charge is 0.377 e. The van der Waals surface area contributed by atoms with Crippen LogP contribution in [0.15, 0.2) is 41.6 Å². The number of nitrogens with zero attached hydrogens (tertiary/aromatic N) is 7. The normalized spacial score (nSPS) is 12.3. The summed E-state index contributed by atoms with van der Waals surface area (Å²) in [7, 11) is 6.85. The van der Waals surface area contributed by atoms with Gasteiger partial charge in [0.2, 0.25) is 0 Å². The number of aryl methyl sites for hydroxylation is 4. The third-order valence-corrected chi connectivity index (χ3v) is 6.91. The lowest BCUT2D eigenvalue weighted by Gasteiger charge is -2.21. The number of hydrogen-bond acceptors (Lipinski definition) is 6. The molecule has 1 N–H and O–H groups in total. The molecule has 1 amide bonds. The number of carbonyl (C=O) groups excluding carboxylic acids is 1. The molecule has 0 saturated heterocycles. The van der Waals surface area contributed by atoms with E-state index in [0.29, 0.717) is 27.4 Å². The molecule has 5 aromatic rings. The number of nitrogens with one attached hydrogen (secondary N) is 1. The average Bonchev–Trinajstić information content (AvgIpc) is 3.45. The van der Waals surface area contributed by atoms with E-state index in [1.54, 1.807) is 38.2 Å². The quantitative estimate of drug-likeness (QED) is 0.341. The van der Waals surface area contributed by atoms with Gasteiger partial charge in [0.05, 0.1) is 34.0 Å². The van der Waals surface area contributed by atoms with Crippen molar-refractivity contribution in [2.75, 3.05) is 19.4 Å². The number of amides is 1. The van der Waals surface area contributed by atoms with E-state index >= 15 is 0 Å². The number of imidazole rings is 1. The van der Waals surface area contributed by atoms with Gasteiger partial charge in [-0.2, -0.15) is 5.10 Å². The van der Waals surface area contributed by atoms with Gasteiger partial charge in [0.1, 0.15) is 11.5 Å². The highest BCUT2D eigenvalue weighted by atomic mass is 35.5. The summed E-state index contributed by atoms with van der Waals surface area (Å²) in [4.78, 5) is 36.8. The highest BCUT2D eigenvalue weighted by Crippen LogP contribution is 2.34. The Morgan fingerprint density at radius 2 is 1.89 bits per heavy atom. The zero-order chi connectivity index (χ0) is 27.5. The molecule has 1 aromatic carbocycles. The van der Waals surface area contributed by atoms with E-state index in [1.807, 2.05) is 56.6 Å². The first-order valence-corrected chi connectivity index (χ1v) is 12.5. The van der Waals surface area contributed by atoms with E-state index in [4.69, 9.17) is 11.6 Å². The van der Waals surface area contributed by atoms with Gasteiger partial charge in [0, 0.05) is 40.0 Å². The Morgan fingerprint density at radius 3 is 2.55 bits per heavy atom. The predicted octanol–water partition coefficient (Wildman–Crippen LogP) is 4.13. The van der Waals surface area contributed by atoms with Gasteiger partial charge in [-0.1, -0.05) is 17.7 Å². The van der Waals surface area contributed by atoms with Crippen LogP contribution in [0, 0.1) is 13.8 Å². The molecule has 4 heterocycles. The molecule has 0 aliphatic carbocycles. The molecule has 0 bridgehead atoms. The minimum atomic E-state index is -0.273. The number of halogens is 1. The van der Waals surface area contributed by atoms with Gasteiger partial charge in [-0.3, -0.25) is 23.2 Å². The summed E-state index contributed by atoms with van der Waals surface area (Å²) >= 11 is 6.28. The minimum Gasteiger partial charge on any atom is -0.377 e. The van der Waals surface area contributed by atoms with E-state index in [9.17, 15) is 9.59 Å². The lowest BCUT2D eigenvalue weighted by atomic mass is 10.00. The van der Waals surface area contributed by atoms with Gasteiger partial charge in [0.15, 0.2) is 11.3 Å². The third-order valence-electron chi connectivity index (χ3n) is 6.70. The molecule has 11 heteroatoms. The standard InChI is InChI=1S/C27H29ClN8O2/c1-14-10-17(15(2)30-20-8-9-21(28)31-22(20)19-12-34(6)32-16(19)3)24-18(11-14)26(37)35(7)25-23(27(38)33(4)5)29-13-36(24)25/h8-13,15,30H,1-7H3. The summed E-state index contributed by atoms with van der Waals surface area (Å²) in [5, 5.41) is 8.96. The van der Waals surface area contributed by atoms with Crippen LogP contribution in [-0.4, -0.2) is 53.6 Å². The SMILES string of the molecule is Cc1cc(C(C)Nc2ccc(Cl)nc2-c2cn(C)nc2C)c2c(c1)c(=O)n(C)c1c(C(=O)N(C)C)ncn21. The molecule has 1 unspecified atom stereocenters. The summed E-state index contributed by atoms with van der Waals surface area (Å²) in [6.07, 6.45) is 3.52. The molecule has 0 aliphatic heterocycles. The molecule has 0 radical (unpaired) electrons. The maximum Gasteiger partial charge on any atom is 0.275 e. The number of anilines is 1. The van der Waals surface area contributed by atoms with Crippen LogP contribution >= 0.6 is 11.6 Å². The highest BCUT2D eigenvalue weighted by molar-refractivity contribution is 6.29. The van der Waals surface area contributed by atoms with Crippen molar-refractivity contribution in [2.24, 2.45) is 14.1 Å². The van der Waals surface area contributed by atoms with Crippen molar-refractivity contribution in [2.45, 2.75) is 26.8 Å². The Hall–Kier alpha value is -4.18. The summed E-state index contributed by atoms with van der Waals surface area (Å²) in [6, 6.07) is 7.30. The van der Waals surface area contributed by atoms with Crippen LogP contribution < -0.4 is 10.9 Å². The summed E-state index contributed by atoms with van der Waals surface area (Å²) in [5.41, 5.74) is 6.16. The molecule has 0 aliphatic rings. The Kier molecular flexibility index (Phi) is 6.22. The number of rotatable bonds is 5. The van der Waals surface area contributed by atoms with E-state index in [0.717, 1.165) is 28.1 Å². The Labute approximate surface area is 224 Å². The summed E-state index contributed by atoms with van der Waals surface area (Å²) < 4.78 is 5.05. The van der Waals surface area contributed by atoms with Crippen LogP contribution in [0.25, 0.3) is 27.8 Å². The fourth-order valence-corrected chi connectivity index (χ4v) is 5.08. The fourth-order valence-electron chi connectivity index (χ4n) is 4.93. The molecule has 0 spiro atoms. The van der Waals surface area contributed by atoms with Crippen LogP contribution in [-0.2, 0) is 14.1 Å². The van der Waals surface area contributed by atoms with E-state index in [1.165, 1.54) is 9.47 Å². The maximum absolute atomic E-state index is 13.5. The molecular formula is C27H29ClN8O2. The first-order valence-electron chi connectivity index (χ1n) is 12.1. The molecule has 196 valence electrons. The van der Waals surface area contributed by atoms with Gasteiger partial charge in [-0.15, -0.1) is 0 Å². The zero-order valence-electron chi connectivity index (χ0n) is 22.4. The first-order chi connectivity index (χ1) is 18.0. The van der Waals surface area contributed by atoms with Gasteiger partial charge in [-0.25, -0.2) is 9.97 Å². The summed E-state index contributed by atoms with van der Waals surface area (Å²) in [6.45, 7) is 5.91. The Balaban J connectivity index is 1.71. The monoisotopic (exact) mass is 532 g/mol. The van der Waals surface area contributed by atoms with Crippen LogP contribution in [0.1, 0.15) is 40.3 Å². The van der Waals surface area contributed by atoms with Crippen molar-refractivity contribution in [1.82, 2.24) is 33.6 Å². The van der Waals surface area contributed by atoms with Crippen LogP contribution in [0.3, 0.4) is 0 Å². The van der Waals surface area contributed by atoms with E-state index in [2.05, 4.69) is 20.4 Å². The Morgan fingerprint density at radius 1 is 1.16 bits per heavy atom. The molecule has 10 nitrogen and oxygen atoms in total.